The molecule has 0 unspecified atom stereocenters. The first-order valence-corrected chi connectivity index (χ1v) is 9.02. The molecular weight excluding hydrogens is 389 g/mol. The van der Waals surface area contributed by atoms with Crippen LogP contribution in [0.3, 0.4) is 0 Å². The molecule has 0 aliphatic rings. The fourth-order valence-electron chi connectivity index (χ4n) is 2.78. The molecule has 2 N–H and O–H groups in total. The second-order valence-corrected chi connectivity index (χ2v) is 6.33. The molecule has 4 rings (SSSR count). The number of furan rings is 1. The highest BCUT2D eigenvalue weighted by Crippen LogP contribution is 2.24. The van der Waals surface area contributed by atoms with Gasteiger partial charge in [0.25, 0.3) is 11.5 Å². The Bertz CT molecular complexity index is 1220. The van der Waals surface area contributed by atoms with E-state index in [9.17, 15) is 14.0 Å². The number of amides is 1. The molecule has 1 aromatic carbocycles. The number of hydrogen-bond acceptors (Lipinski definition) is 5. The van der Waals surface area contributed by atoms with Crippen molar-refractivity contribution in [3.63, 3.8) is 0 Å². The van der Waals surface area contributed by atoms with Crippen molar-refractivity contribution < 1.29 is 18.3 Å². The van der Waals surface area contributed by atoms with Gasteiger partial charge in [-0.3, -0.25) is 14.6 Å². The first kappa shape index (κ1) is 19.1. The Hall–Kier alpha value is -4.20. The van der Waals surface area contributed by atoms with Gasteiger partial charge in [0, 0.05) is 12.7 Å². The summed E-state index contributed by atoms with van der Waals surface area (Å²) in [5.41, 5.74) is 0.381. The number of nitrogens with one attached hydrogen (secondary N) is 2. The molecule has 3 aromatic heterocycles. The van der Waals surface area contributed by atoms with E-state index >= 15 is 0 Å². The lowest BCUT2D eigenvalue weighted by molar-refractivity contribution is 0.0949. The van der Waals surface area contributed by atoms with Crippen LogP contribution in [-0.2, 0) is 6.54 Å². The molecule has 0 radical (unpaired) electrons. The Kier molecular flexibility index (Phi) is 5.38. The van der Waals surface area contributed by atoms with Gasteiger partial charge in [-0.05, 0) is 54.1 Å². The standard InChI is InChI=1S/C22H16FN3O4/c23-17-11-14(5-8-19(17)30-15-3-1-9-24-13-15)12-25-21(27)16-6-7-18(26-22(16)28)20-4-2-10-29-20/h1-11,13H,12H2,(H,25,27)(H,26,28). The van der Waals surface area contributed by atoms with Crippen molar-refractivity contribution in [3.8, 4) is 23.0 Å². The molecule has 8 heteroatoms. The van der Waals surface area contributed by atoms with Crippen LogP contribution < -0.4 is 15.6 Å². The third-order valence-electron chi connectivity index (χ3n) is 4.25. The Balaban J connectivity index is 1.41. The predicted molar refractivity (Wildman–Crippen MR) is 107 cm³/mol. The zero-order valence-corrected chi connectivity index (χ0v) is 15.6. The van der Waals surface area contributed by atoms with Gasteiger partial charge in [-0.15, -0.1) is 0 Å². The molecule has 0 spiro atoms. The first-order valence-electron chi connectivity index (χ1n) is 9.02. The summed E-state index contributed by atoms with van der Waals surface area (Å²) in [6.07, 6.45) is 4.55. The summed E-state index contributed by atoms with van der Waals surface area (Å²) in [6, 6.07) is 14.1. The van der Waals surface area contributed by atoms with Crippen LogP contribution in [0.4, 0.5) is 4.39 Å². The molecule has 1 amide bonds. The molecule has 0 saturated heterocycles. The van der Waals surface area contributed by atoms with E-state index in [0.29, 0.717) is 22.8 Å². The number of carbonyl (C=O) groups excluding carboxylic acids is 1. The van der Waals surface area contributed by atoms with Crippen LogP contribution in [0.2, 0.25) is 0 Å². The lowest BCUT2D eigenvalue weighted by Crippen LogP contribution is -2.29. The van der Waals surface area contributed by atoms with Crippen molar-refractivity contribution in [1.29, 1.82) is 0 Å². The Morgan fingerprint density at radius 1 is 1.17 bits per heavy atom. The van der Waals surface area contributed by atoms with Crippen molar-refractivity contribution >= 4 is 5.91 Å². The zero-order chi connectivity index (χ0) is 20.9. The van der Waals surface area contributed by atoms with Gasteiger partial charge in [0.05, 0.1) is 18.2 Å². The van der Waals surface area contributed by atoms with Crippen LogP contribution in [-0.4, -0.2) is 15.9 Å². The van der Waals surface area contributed by atoms with Gasteiger partial charge in [0.15, 0.2) is 11.6 Å². The first-order chi connectivity index (χ1) is 14.6. The molecule has 4 aromatic rings. The second-order valence-electron chi connectivity index (χ2n) is 6.33. The molecule has 0 atom stereocenters. The maximum atomic E-state index is 14.3. The van der Waals surface area contributed by atoms with E-state index in [1.165, 1.54) is 30.7 Å². The minimum absolute atomic E-state index is 0.0439. The summed E-state index contributed by atoms with van der Waals surface area (Å²) >= 11 is 0. The number of aromatic nitrogens is 2. The van der Waals surface area contributed by atoms with Crippen LogP contribution in [0.1, 0.15) is 15.9 Å². The summed E-state index contributed by atoms with van der Waals surface area (Å²) < 4.78 is 25.0. The fraction of sp³-hybridized carbons (Fsp3) is 0.0455. The number of benzene rings is 1. The number of pyridine rings is 2. The van der Waals surface area contributed by atoms with Crippen molar-refractivity contribution in [3.05, 3.63) is 101 Å². The van der Waals surface area contributed by atoms with Gasteiger partial charge in [-0.25, -0.2) is 4.39 Å². The molecule has 0 aliphatic heterocycles. The van der Waals surface area contributed by atoms with E-state index in [1.54, 1.807) is 42.6 Å². The van der Waals surface area contributed by atoms with Crippen LogP contribution in [0.15, 0.2) is 82.5 Å². The van der Waals surface area contributed by atoms with Crippen LogP contribution in [0.5, 0.6) is 11.5 Å². The monoisotopic (exact) mass is 405 g/mol. The van der Waals surface area contributed by atoms with E-state index in [2.05, 4.69) is 15.3 Å². The molecule has 0 fully saturated rings. The molecule has 0 aliphatic carbocycles. The largest absolute Gasteiger partial charge is 0.463 e. The van der Waals surface area contributed by atoms with Gasteiger partial charge in [0.2, 0.25) is 0 Å². The zero-order valence-electron chi connectivity index (χ0n) is 15.6. The summed E-state index contributed by atoms with van der Waals surface area (Å²) in [4.78, 5) is 31.1. The van der Waals surface area contributed by atoms with E-state index < -0.39 is 17.3 Å². The fourth-order valence-corrected chi connectivity index (χ4v) is 2.78. The number of ether oxygens (including phenoxy) is 1. The van der Waals surface area contributed by atoms with Crippen LogP contribution >= 0.6 is 0 Å². The number of rotatable bonds is 6. The Labute approximate surface area is 170 Å². The second kappa shape index (κ2) is 8.44. The van der Waals surface area contributed by atoms with Gasteiger partial charge < -0.3 is 19.5 Å². The van der Waals surface area contributed by atoms with Gasteiger partial charge in [-0.1, -0.05) is 6.07 Å². The maximum absolute atomic E-state index is 14.3. The van der Waals surface area contributed by atoms with Crippen LogP contribution in [0.25, 0.3) is 11.5 Å². The van der Waals surface area contributed by atoms with E-state index in [-0.39, 0.29) is 17.9 Å². The normalized spacial score (nSPS) is 10.6. The summed E-state index contributed by atoms with van der Waals surface area (Å²) in [5, 5.41) is 2.61. The number of nitrogens with zero attached hydrogens (tertiary/aromatic N) is 1. The molecule has 0 bridgehead atoms. The molecule has 3 heterocycles. The van der Waals surface area contributed by atoms with Gasteiger partial charge in [-0.2, -0.15) is 0 Å². The number of H-pyrrole nitrogens is 1. The van der Waals surface area contributed by atoms with E-state index in [4.69, 9.17) is 9.15 Å². The number of aromatic amines is 1. The van der Waals surface area contributed by atoms with Crippen molar-refractivity contribution in [2.45, 2.75) is 6.54 Å². The maximum Gasteiger partial charge on any atom is 0.261 e. The smallest absolute Gasteiger partial charge is 0.261 e. The topological polar surface area (TPSA) is 97.2 Å². The molecule has 150 valence electrons. The molecule has 7 nitrogen and oxygen atoms in total. The van der Waals surface area contributed by atoms with Gasteiger partial charge in [0.1, 0.15) is 17.1 Å². The van der Waals surface area contributed by atoms with Crippen LogP contribution in [0, 0.1) is 5.82 Å². The number of carbonyl (C=O) groups is 1. The molecule has 30 heavy (non-hydrogen) atoms. The van der Waals surface area contributed by atoms with Crippen molar-refractivity contribution in [2.24, 2.45) is 0 Å². The minimum Gasteiger partial charge on any atom is -0.463 e. The summed E-state index contributed by atoms with van der Waals surface area (Å²) in [6.45, 7) is 0.0439. The SMILES string of the molecule is O=C(NCc1ccc(Oc2cccnc2)c(F)c1)c1ccc(-c2ccco2)[nH]c1=O. The molecule has 0 saturated carbocycles. The van der Waals surface area contributed by atoms with E-state index in [0.717, 1.165) is 0 Å². The lowest BCUT2D eigenvalue weighted by Gasteiger charge is -2.09. The summed E-state index contributed by atoms with van der Waals surface area (Å²) in [7, 11) is 0. The summed E-state index contributed by atoms with van der Waals surface area (Å²) in [5.74, 6) is -0.203. The highest BCUT2D eigenvalue weighted by Gasteiger charge is 2.13. The molecular formula is C22H16FN3O4. The average Bonchev–Trinajstić information content (AvgIpc) is 3.29. The highest BCUT2D eigenvalue weighted by molar-refractivity contribution is 5.94. The quantitative estimate of drug-likeness (QED) is 0.507. The lowest BCUT2D eigenvalue weighted by atomic mass is 10.2. The van der Waals surface area contributed by atoms with Gasteiger partial charge >= 0.3 is 0 Å². The number of halogens is 1. The van der Waals surface area contributed by atoms with Crippen molar-refractivity contribution in [2.75, 3.05) is 0 Å². The highest BCUT2D eigenvalue weighted by atomic mass is 19.1. The predicted octanol–water partition coefficient (Wildman–Crippen LogP) is 3.89. The van der Waals surface area contributed by atoms with Crippen molar-refractivity contribution in [1.82, 2.24) is 15.3 Å². The van der Waals surface area contributed by atoms with E-state index in [1.807, 2.05) is 0 Å². The Morgan fingerprint density at radius 2 is 2.07 bits per heavy atom. The third-order valence-corrected chi connectivity index (χ3v) is 4.25. The number of hydrogen-bond donors (Lipinski definition) is 2. The third kappa shape index (κ3) is 4.27. The Morgan fingerprint density at radius 3 is 2.77 bits per heavy atom. The minimum atomic E-state index is -0.578. The average molecular weight is 405 g/mol.